The van der Waals surface area contributed by atoms with Gasteiger partial charge in [-0.2, -0.15) is 0 Å². The zero-order valence-corrected chi connectivity index (χ0v) is 7.24. The first kappa shape index (κ1) is 7.63. The molecule has 1 aliphatic rings. The molecular weight excluding hydrogens is 157 g/mol. The fourth-order valence-electron chi connectivity index (χ4n) is 0.573. The third-order valence-electron chi connectivity index (χ3n) is 1.08. The van der Waals surface area contributed by atoms with Crippen LogP contribution >= 0.6 is 6.64 Å². The van der Waals surface area contributed by atoms with E-state index in [1.54, 1.807) is 0 Å². The van der Waals surface area contributed by atoms with Crippen LogP contribution in [0.1, 0.15) is 0 Å². The molecule has 0 spiro atoms. The predicted molar refractivity (Wildman–Crippen MR) is 39.9 cm³/mol. The van der Waals surface area contributed by atoms with E-state index in [2.05, 4.69) is 0 Å². The Hall–Kier alpha value is 0.530. The van der Waals surface area contributed by atoms with E-state index < -0.39 is 6.64 Å². The van der Waals surface area contributed by atoms with Gasteiger partial charge in [0, 0.05) is 0 Å². The molecule has 0 bridgehead atoms. The van der Waals surface area contributed by atoms with E-state index in [4.69, 9.17) is 20.9 Å². The van der Waals surface area contributed by atoms with Crippen LogP contribution < -0.4 is 0 Å². The SMILES string of the molecule is CN(C)P1(=S)OCCO1. The molecule has 9 heavy (non-hydrogen) atoms. The highest BCUT2D eigenvalue weighted by molar-refractivity contribution is 8.08. The summed E-state index contributed by atoms with van der Waals surface area (Å²) < 4.78 is 12.3. The highest BCUT2D eigenvalue weighted by atomic mass is 32.5. The standard InChI is InChI=1S/C4H10NO2PS/c1-5(2)8(9)6-3-4-7-8/h3-4H2,1-2H3. The summed E-state index contributed by atoms with van der Waals surface area (Å²) in [7, 11) is 3.76. The van der Waals surface area contributed by atoms with Gasteiger partial charge in [-0.05, 0) is 25.9 Å². The second-order valence-electron chi connectivity index (χ2n) is 1.98. The van der Waals surface area contributed by atoms with Gasteiger partial charge in [0.1, 0.15) is 0 Å². The predicted octanol–water partition coefficient (Wildman–Crippen LogP) is 0.819. The molecule has 0 aliphatic carbocycles. The molecule has 0 aromatic carbocycles. The van der Waals surface area contributed by atoms with Crippen molar-refractivity contribution in [1.29, 1.82) is 0 Å². The van der Waals surface area contributed by atoms with E-state index in [0.29, 0.717) is 13.2 Å². The summed E-state index contributed by atoms with van der Waals surface area (Å²) in [5.41, 5.74) is 0. The van der Waals surface area contributed by atoms with Gasteiger partial charge in [-0.25, -0.2) is 4.67 Å². The van der Waals surface area contributed by atoms with Gasteiger partial charge < -0.3 is 9.05 Å². The molecule has 0 saturated carbocycles. The smallest absolute Gasteiger partial charge is 0.263 e. The summed E-state index contributed by atoms with van der Waals surface area (Å²) in [5.74, 6) is 0. The minimum absolute atomic E-state index is 0.648. The lowest BCUT2D eigenvalue weighted by Gasteiger charge is -2.19. The fraction of sp³-hybridized carbons (Fsp3) is 1.00. The molecule has 1 fully saturated rings. The number of hydrogen-bond donors (Lipinski definition) is 0. The van der Waals surface area contributed by atoms with Crippen LogP contribution in [-0.2, 0) is 20.9 Å². The third-order valence-corrected chi connectivity index (χ3v) is 4.69. The van der Waals surface area contributed by atoms with E-state index in [1.165, 1.54) is 0 Å². The molecule has 1 aliphatic heterocycles. The second kappa shape index (κ2) is 2.64. The van der Waals surface area contributed by atoms with Crippen molar-refractivity contribution in [1.82, 2.24) is 4.67 Å². The molecule has 54 valence electrons. The van der Waals surface area contributed by atoms with Gasteiger partial charge in [0.15, 0.2) is 0 Å². The summed E-state index contributed by atoms with van der Waals surface area (Å²) in [6.07, 6.45) is 0. The Bertz CT molecular complexity index is 140. The first-order chi connectivity index (χ1) is 4.15. The number of hydrogen-bond acceptors (Lipinski definition) is 3. The zero-order chi connectivity index (χ0) is 6.91. The molecule has 5 heteroatoms. The second-order valence-corrected chi connectivity index (χ2v) is 5.62. The van der Waals surface area contributed by atoms with Crippen molar-refractivity contribution in [2.24, 2.45) is 0 Å². The first-order valence-corrected chi connectivity index (χ1v) is 5.31. The van der Waals surface area contributed by atoms with Gasteiger partial charge in [0.2, 0.25) is 0 Å². The van der Waals surface area contributed by atoms with Crippen molar-refractivity contribution in [3.05, 3.63) is 0 Å². The van der Waals surface area contributed by atoms with Crippen molar-refractivity contribution in [3.63, 3.8) is 0 Å². The summed E-state index contributed by atoms with van der Waals surface area (Å²) in [5, 5.41) is 0. The van der Waals surface area contributed by atoms with Crippen LogP contribution in [-0.4, -0.2) is 32.0 Å². The largest absolute Gasteiger partial charge is 0.315 e. The highest BCUT2D eigenvalue weighted by Gasteiger charge is 2.26. The van der Waals surface area contributed by atoms with Gasteiger partial charge in [0.25, 0.3) is 6.64 Å². The molecule has 1 saturated heterocycles. The lowest BCUT2D eigenvalue weighted by atomic mass is 10.8. The molecule has 0 aromatic rings. The van der Waals surface area contributed by atoms with E-state index >= 15 is 0 Å². The Morgan fingerprint density at radius 3 is 2.00 bits per heavy atom. The van der Waals surface area contributed by atoms with Crippen molar-refractivity contribution < 1.29 is 9.05 Å². The van der Waals surface area contributed by atoms with Crippen molar-refractivity contribution >= 4 is 18.4 Å². The minimum Gasteiger partial charge on any atom is -0.315 e. The quantitative estimate of drug-likeness (QED) is 0.539. The molecule has 0 radical (unpaired) electrons. The third kappa shape index (κ3) is 1.51. The molecule has 0 N–H and O–H groups in total. The first-order valence-electron chi connectivity index (χ1n) is 2.72. The van der Waals surface area contributed by atoms with Crippen LogP contribution in [0.5, 0.6) is 0 Å². The molecule has 0 amide bonds. The molecule has 1 heterocycles. The van der Waals surface area contributed by atoms with E-state index in [0.717, 1.165) is 0 Å². The Morgan fingerprint density at radius 2 is 1.78 bits per heavy atom. The summed E-state index contributed by atoms with van der Waals surface area (Å²) in [6.45, 7) is -0.679. The van der Waals surface area contributed by atoms with Gasteiger partial charge >= 0.3 is 0 Å². The van der Waals surface area contributed by atoms with E-state index in [-0.39, 0.29) is 0 Å². The maximum Gasteiger partial charge on any atom is 0.263 e. The normalized spacial score (nSPS) is 25.2. The van der Waals surface area contributed by atoms with Gasteiger partial charge in [-0.3, -0.25) is 0 Å². The van der Waals surface area contributed by atoms with Crippen LogP contribution in [0.2, 0.25) is 0 Å². The zero-order valence-electron chi connectivity index (χ0n) is 5.53. The van der Waals surface area contributed by atoms with Crippen molar-refractivity contribution in [2.75, 3.05) is 27.3 Å². The maximum atomic E-state index is 5.23. The van der Waals surface area contributed by atoms with Crippen LogP contribution in [0, 0.1) is 0 Å². The van der Waals surface area contributed by atoms with Gasteiger partial charge in [-0.15, -0.1) is 0 Å². The lowest BCUT2D eigenvalue weighted by Crippen LogP contribution is -2.07. The Balaban J connectivity index is 2.62. The Morgan fingerprint density at radius 1 is 1.33 bits per heavy atom. The maximum absolute atomic E-state index is 5.23. The van der Waals surface area contributed by atoms with Crippen molar-refractivity contribution in [3.8, 4) is 0 Å². The monoisotopic (exact) mass is 167 g/mol. The van der Waals surface area contributed by atoms with Crippen molar-refractivity contribution in [2.45, 2.75) is 0 Å². The van der Waals surface area contributed by atoms with Crippen LogP contribution in [0.25, 0.3) is 0 Å². The highest BCUT2D eigenvalue weighted by Crippen LogP contribution is 2.53. The molecular formula is C4H10NO2PS. The molecule has 0 aromatic heterocycles. The molecule has 0 atom stereocenters. The summed E-state index contributed by atoms with van der Waals surface area (Å²) in [6, 6.07) is 0. The van der Waals surface area contributed by atoms with Crippen LogP contribution in [0.4, 0.5) is 0 Å². The molecule has 3 nitrogen and oxygen atoms in total. The van der Waals surface area contributed by atoms with Gasteiger partial charge in [-0.1, -0.05) is 0 Å². The average molecular weight is 167 g/mol. The molecule has 1 rings (SSSR count). The summed E-state index contributed by atoms with van der Waals surface area (Å²) in [4.78, 5) is 0. The Labute approximate surface area is 60.2 Å². The number of nitrogens with zero attached hydrogens (tertiary/aromatic N) is 1. The van der Waals surface area contributed by atoms with Gasteiger partial charge in [0.05, 0.1) is 13.2 Å². The average Bonchev–Trinajstić information content (AvgIpc) is 2.16. The minimum atomic E-state index is -1.98. The summed E-state index contributed by atoms with van der Waals surface area (Å²) >= 11 is 5.08. The lowest BCUT2D eigenvalue weighted by molar-refractivity contribution is 0.365. The van der Waals surface area contributed by atoms with Crippen LogP contribution in [0.3, 0.4) is 0 Å². The topological polar surface area (TPSA) is 21.7 Å². The van der Waals surface area contributed by atoms with Crippen LogP contribution in [0.15, 0.2) is 0 Å². The number of rotatable bonds is 1. The van der Waals surface area contributed by atoms with E-state index in [9.17, 15) is 0 Å². The molecule has 0 unspecified atom stereocenters. The van der Waals surface area contributed by atoms with E-state index in [1.807, 2.05) is 18.8 Å². The fourth-order valence-corrected chi connectivity index (χ4v) is 2.17. The Kier molecular flexibility index (Phi) is 2.24.